The lowest BCUT2D eigenvalue weighted by Crippen LogP contribution is -2.20. The molecule has 1 aliphatic rings. The molecule has 19 heavy (non-hydrogen) atoms. The van der Waals surface area contributed by atoms with E-state index in [4.69, 9.17) is 0 Å². The second kappa shape index (κ2) is 5.36. The molecule has 0 heteroatoms. The average Bonchev–Trinajstić information content (AvgIpc) is 2.56. The maximum Gasteiger partial charge on any atom is -0.000597 e. The Morgan fingerprint density at radius 2 is 1.79 bits per heavy atom. The van der Waals surface area contributed by atoms with E-state index in [0.29, 0.717) is 5.92 Å². The Morgan fingerprint density at radius 1 is 1.05 bits per heavy atom. The van der Waals surface area contributed by atoms with Gasteiger partial charge in [-0.05, 0) is 60.3 Å². The highest BCUT2D eigenvalue weighted by molar-refractivity contribution is 5.37. The molecule has 1 aromatic rings. The highest BCUT2D eigenvalue weighted by atomic mass is 14.3. The summed E-state index contributed by atoms with van der Waals surface area (Å²) in [5.41, 5.74) is 5.98. The normalized spacial score (nSPS) is 23.4. The number of benzene rings is 1. The lowest BCUT2D eigenvalue weighted by Gasteiger charge is -2.28. The zero-order chi connectivity index (χ0) is 14.0. The molecule has 0 saturated heterocycles. The Bertz CT molecular complexity index is 517. The van der Waals surface area contributed by atoms with Crippen LogP contribution in [0.1, 0.15) is 50.3 Å². The molecule has 0 saturated carbocycles. The van der Waals surface area contributed by atoms with Crippen molar-refractivity contribution in [3.05, 3.63) is 58.7 Å². The summed E-state index contributed by atoms with van der Waals surface area (Å²) in [5.74, 6) is 0.623. The fourth-order valence-corrected chi connectivity index (χ4v) is 2.73. The Labute approximate surface area is 118 Å². The van der Waals surface area contributed by atoms with Gasteiger partial charge in [-0.3, -0.25) is 0 Å². The van der Waals surface area contributed by atoms with E-state index in [1.165, 1.54) is 22.3 Å². The minimum absolute atomic E-state index is 0.242. The van der Waals surface area contributed by atoms with E-state index in [1.807, 2.05) is 0 Å². The van der Waals surface area contributed by atoms with Crippen LogP contribution in [-0.2, 0) is 5.41 Å². The van der Waals surface area contributed by atoms with Crippen LogP contribution in [0.4, 0.5) is 0 Å². The van der Waals surface area contributed by atoms with Crippen molar-refractivity contribution >= 4 is 0 Å². The predicted molar refractivity (Wildman–Crippen MR) is 84.6 cm³/mol. The van der Waals surface area contributed by atoms with E-state index in [-0.39, 0.29) is 5.41 Å². The van der Waals surface area contributed by atoms with Crippen LogP contribution in [0.25, 0.3) is 0 Å². The first-order chi connectivity index (χ1) is 8.92. The molecule has 1 aliphatic carbocycles. The van der Waals surface area contributed by atoms with E-state index >= 15 is 0 Å². The summed E-state index contributed by atoms with van der Waals surface area (Å²) in [6.45, 7) is 11.3. The Hall–Kier alpha value is -1.30. The number of aryl methyl sites for hydroxylation is 2. The van der Waals surface area contributed by atoms with Gasteiger partial charge in [-0.2, -0.15) is 0 Å². The van der Waals surface area contributed by atoms with Crippen molar-refractivity contribution in [3.63, 3.8) is 0 Å². The van der Waals surface area contributed by atoms with Gasteiger partial charge < -0.3 is 0 Å². The Morgan fingerprint density at radius 3 is 2.42 bits per heavy atom. The molecule has 0 fully saturated rings. The highest BCUT2D eigenvalue weighted by Crippen LogP contribution is 2.36. The number of rotatable bonds is 2. The molecule has 0 amide bonds. The Balaban J connectivity index is 2.33. The molecule has 0 spiro atoms. The quantitative estimate of drug-likeness (QED) is 0.654. The molecule has 0 aromatic heterocycles. The van der Waals surface area contributed by atoms with Gasteiger partial charge in [0.15, 0.2) is 0 Å². The topological polar surface area (TPSA) is 0 Å². The third-order valence-electron chi connectivity index (χ3n) is 4.54. The minimum Gasteiger partial charge on any atom is -0.0834 e. The van der Waals surface area contributed by atoms with Gasteiger partial charge in [0.25, 0.3) is 0 Å². The van der Waals surface area contributed by atoms with Gasteiger partial charge in [0.2, 0.25) is 0 Å². The second-order valence-corrected chi connectivity index (χ2v) is 6.53. The lowest BCUT2D eigenvalue weighted by atomic mass is 9.76. The summed E-state index contributed by atoms with van der Waals surface area (Å²) in [6, 6.07) is 6.94. The molecule has 102 valence electrons. The summed E-state index contributed by atoms with van der Waals surface area (Å²) in [4.78, 5) is 0. The van der Waals surface area contributed by atoms with E-state index < -0.39 is 0 Å². The summed E-state index contributed by atoms with van der Waals surface area (Å²) >= 11 is 0. The van der Waals surface area contributed by atoms with Gasteiger partial charge in [0.05, 0.1) is 0 Å². The van der Waals surface area contributed by atoms with Crippen molar-refractivity contribution < 1.29 is 0 Å². The number of allylic oxidation sites excluding steroid dienone is 4. The maximum absolute atomic E-state index is 2.43. The third-order valence-corrected chi connectivity index (χ3v) is 4.54. The van der Waals surface area contributed by atoms with Crippen LogP contribution in [-0.4, -0.2) is 0 Å². The van der Waals surface area contributed by atoms with E-state index in [9.17, 15) is 0 Å². The summed E-state index contributed by atoms with van der Waals surface area (Å²) in [7, 11) is 0. The van der Waals surface area contributed by atoms with Gasteiger partial charge in [-0.15, -0.1) is 0 Å². The summed E-state index contributed by atoms with van der Waals surface area (Å²) in [6.07, 6.45) is 9.37. The first kappa shape index (κ1) is 14.1. The average molecular weight is 254 g/mol. The number of hydrogen-bond donors (Lipinski definition) is 0. The Kier molecular flexibility index (Phi) is 3.99. The smallest absolute Gasteiger partial charge is 0.000597 e. The van der Waals surface area contributed by atoms with Gasteiger partial charge in [-0.1, -0.05) is 57.2 Å². The molecule has 0 heterocycles. The predicted octanol–water partition coefficient (Wildman–Crippen LogP) is 5.49. The summed E-state index contributed by atoms with van der Waals surface area (Å²) in [5, 5.41) is 0. The van der Waals surface area contributed by atoms with Crippen molar-refractivity contribution in [3.8, 4) is 0 Å². The molecule has 2 rings (SSSR count). The largest absolute Gasteiger partial charge is 0.0834 e. The molecular weight excluding hydrogens is 228 g/mol. The zero-order valence-electron chi connectivity index (χ0n) is 13.0. The SMILES string of the molecule is Cc1ccc(C2(C)CC=CC(C(C)C)=CC2)cc1C. The molecule has 0 nitrogen and oxygen atoms in total. The van der Waals surface area contributed by atoms with E-state index in [1.54, 1.807) is 0 Å². The van der Waals surface area contributed by atoms with Crippen LogP contribution in [0.5, 0.6) is 0 Å². The third kappa shape index (κ3) is 3.00. The van der Waals surface area contributed by atoms with Crippen LogP contribution in [0.15, 0.2) is 42.0 Å². The van der Waals surface area contributed by atoms with Crippen molar-refractivity contribution in [1.82, 2.24) is 0 Å². The molecule has 1 aromatic carbocycles. The molecule has 1 atom stereocenters. The van der Waals surface area contributed by atoms with Crippen LogP contribution < -0.4 is 0 Å². The molecular formula is C19H26. The molecule has 0 N–H and O–H groups in total. The van der Waals surface area contributed by atoms with Crippen LogP contribution in [0.2, 0.25) is 0 Å². The summed E-state index contributed by atoms with van der Waals surface area (Å²) < 4.78 is 0. The second-order valence-electron chi connectivity index (χ2n) is 6.53. The van der Waals surface area contributed by atoms with Gasteiger partial charge >= 0.3 is 0 Å². The molecule has 1 unspecified atom stereocenters. The molecule has 0 aliphatic heterocycles. The minimum atomic E-state index is 0.242. The zero-order valence-corrected chi connectivity index (χ0v) is 13.0. The molecule has 0 bridgehead atoms. The van der Waals surface area contributed by atoms with Crippen molar-refractivity contribution in [2.75, 3.05) is 0 Å². The maximum atomic E-state index is 2.43. The first-order valence-electron chi connectivity index (χ1n) is 7.37. The number of hydrogen-bond acceptors (Lipinski definition) is 0. The standard InChI is InChI=1S/C19H26/c1-14(2)17-7-6-11-19(5,12-10-17)18-9-8-15(3)16(4)13-18/h6-10,13-14H,11-12H2,1-5H3. The molecule has 0 radical (unpaired) electrons. The van der Waals surface area contributed by atoms with E-state index in [2.05, 4.69) is 71.0 Å². The van der Waals surface area contributed by atoms with Crippen molar-refractivity contribution in [1.29, 1.82) is 0 Å². The lowest BCUT2D eigenvalue weighted by molar-refractivity contribution is 0.486. The fourth-order valence-electron chi connectivity index (χ4n) is 2.73. The monoisotopic (exact) mass is 254 g/mol. The first-order valence-corrected chi connectivity index (χ1v) is 7.37. The van der Waals surface area contributed by atoms with Crippen LogP contribution in [0.3, 0.4) is 0 Å². The van der Waals surface area contributed by atoms with Gasteiger partial charge in [-0.25, -0.2) is 0 Å². The van der Waals surface area contributed by atoms with Gasteiger partial charge in [0, 0.05) is 0 Å². The van der Waals surface area contributed by atoms with Crippen LogP contribution in [0, 0.1) is 19.8 Å². The van der Waals surface area contributed by atoms with Crippen molar-refractivity contribution in [2.45, 2.75) is 52.9 Å². The fraction of sp³-hybridized carbons (Fsp3) is 0.474. The van der Waals surface area contributed by atoms with Gasteiger partial charge in [0.1, 0.15) is 0 Å². The van der Waals surface area contributed by atoms with Crippen molar-refractivity contribution in [2.24, 2.45) is 5.92 Å². The van der Waals surface area contributed by atoms with E-state index in [0.717, 1.165) is 12.8 Å². The highest BCUT2D eigenvalue weighted by Gasteiger charge is 2.26. The van der Waals surface area contributed by atoms with Crippen LogP contribution >= 0.6 is 0 Å².